The van der Waals surface area contributed by atoms with Gasteiger partial charge in [0.2, 0.25) is 0 Å². The fraction of sp³-hybridized carbons (Fsp3) is 0.500. The summed E-state index contributed by atoms with van der Waals surface area (Å²) >= 11 is 1.79. The summed E-state index contributed by atoms with van der Waals surface area (Å²) < 4.78 is 2.10. The summed E-state index contributed by atoms with van der Waals surface area (Å²) in [5.74, 6) is 0. The molecule has 0 amide bonds. The van der Waals surface area contributed by atoms with Crippen molar-refractivity contribution in [3.05, 3.63) is 52.4 Å². The minimum absolute atomic E-state index is 0.149. The number of aromatic nitrogens is 3. The van der Waals surface area contributed by atoms with Crippen LogP contribution in [0.4, 0.5) is 0 Å². The lowest BCUT2D eigenvalue weighted by molar-refractivity contribution is 0.120. The highest BCUT2D eigenvalue weighted by Crippen LogP contribution is 2.26. The van der Waals surface area contributed by atoms with Crippen molar-refractivity contribution < 1.29 is 0 Å². The molecule has 4 heterocycles. The molecular weight excluding hydrogens is 342 g/mol. The minimum atomic E-state index is 0.149. The Balaban J connectivity index is 1.30. The predicted octanol–water partition coefficient (Wildman–Crippen LogP) is 3.41. The van der Waals surface area contributed by atoms with Crippen LogP contribution in [-0.4, -0.2) is 50.3 Å². The van der Waals surface area contributed by atoms with Crippen molar-refractivity contribution in [2.45, 2.75) is 39.3 Å². The summed E-state index contributed by atoms with van der Waals surface area (Å²) in [4.78, 5) is 14.6. The first-order chi connectivity index (χ1) is 12.5. The second kappa shape index (κ2) is 7.10. The molecule has 4 rings (SSSR count). The number of hydrogen-bond donors (Lipinski definition) is 0. The van der Waals surface area contributed by atoms with Gasteiger partial charge in [-0.05, 0) is 12.1 Å². The van der Waals surface area contributed by atoms with Gasteiger partial charge in [0.05, 0.1) is 16.4 Å². The molecule has 0 unspecified atom stereocenters. The van der Waals surface area contributed by atoms with Crippen molar-refractivity contribution in [1.82, 2.24) is 24.2 Å². The van der Waals surface area contributed by atoms with Gasteiger partial charge in [0, 0.05) is 62.5 Å². The maximum absolute atomic E-state index is 4.84. The second-order valence-corrected chi connectivity index (χ2v) is 9.00. The fourth-order valence-corrected chi connectivity index (χ4v) is 4.25. The highest BCUT2D eigenvalue weighted by Gasteiger charge is 2.21. The van der Waals surface area contributed by atoms with E-state index in [1.54, 1.807) is 11.3 Å². The standard InChI is InChI=1S/C20H27N5S/c1-20(2,3)19-22-17(15-26-19)13-24-10-8-23(9-11-24)12-16-14-25-7-5-4-6-18(25)21-16/h4-7,14-15H,8-13H2,1-3H3. The molecule has 0 aromatic carbocycles. The van der Waals surface area contributed by atoms with Gasteiger partial charge in [0.1, 0.15) is 5.65 Å². The number of imidazole rings is 1. The topological polar surface area (TPSA) is 36.7 Å². The average Bonchev–Trinajstić information content (AvgIpc) is 3.22. The molecule has 0 atom stereocenters. The molecule has 138 valence electrons. The molecule has 6 heteroatoms. The number of pyridine rings is 1. The van der Waals surface area contributed by atoms with E-state index in [9.17, 15) is 0 Å². The highest BCUT2D eigenvalue weighted by atomic mass is 32.1. The van der Waals surface area contributed by atoms with E-state index in [0.29, 0.717) is 0 Å². The molecule has 1 aliphatic rings. The zero-order chi connectivity index (χ0) is 18.1. The van der Waals surface area contributed by atoms with Crippen LogP contribution < -0.4 is 0 Å². The third kappa shape index (κ3) is 3.98. The summed E-state index contributed by atoms with van der Waals surface area (Å²) in [6.07, 6.45) is 4.20. The summed E-state index contributed by atoms with van der Waals surface area (Å²) in [6.45, 7) is 12.9. The third-order valence-electron chi connectivity index (χ3n) is 4.84. The van der Waals surface area contributed by atoms with E-state index in [0.717, 1.165) is 50.6 Å². The first kappa shape index (κ1) is 17.6. The highest BCUT2D eigenvalue weighted by molar-refractivity contribution is 7.09. The molecule has 1 fully saturated rings. The Morgan fingerprint density at radius 1 is 0.962 bits per heavy atom. The smallest absolute Gasteiger partial charge is 0.137 e. The van der Waals surface area contributed by atoms with Crippen molar-refractivity contribution in [1.29, 1.82) is 0 Å². The normalized spacial score (nSPS) is 17.2. The summed E-state index contributed by atoms with van der Waals surface area (Å²) in [5, 5.41) is 3.46. The van der Waals surface area contributed by atoms with Gasteiger partial charge < -0.3 is 4.40 Å². The van der Waals surface area contributed by atoms with Gasteiger partial charge in [-0.1, -0.05) is 26.8 Å². The van der Waals surface area contributed by atoms with Crippen molar-refractivity contribution in [3.63, 3.8) is 0 Å². The van der Waals surface area contributed by atoms with Crippen LogP contribution in [0.2, 0.25) is 0 Å². The van der Waals surface area contributed by atoms with Crippen molar-refractivity contribution in [3.8, 4) is 0 Å². The van der Waals surface area contributed by atoms with Gasteiger partial charge in [-0.15, -0.1) is 11.3 Å². The molecule has 1 saturated heterocycles. The Bertz CT molecular complexity index is 835. The first-order valence-corrected chi connectivity index (χ1v) is 10.2. The van der Waals surface area contributed by atoms with Crippen LogP contribution in [0.3, 0.4) is 0 Å². The van der Waals surface area contributed by atoms with E-state index in [1.165, 1.54) is 10.7 Å². The molecule has 5 nitrogen and oxygen atoms in total. The predicted molar refractivity (Wildman–Crippen MR) is 107 cm³/mol. The van der Waals surface area contributed by atoms with Gasteiger partial charge in [-0.25, -0.2) is 9.97 Å². The average molecular weight is 370 g/mol. The molecule has 3 aromatic rings. The van der Waals surface area contributed by atoms with Crippen LogP contribution in [0, 0.1) is 0 Å². The number of thiazole rings is 1. The molecule has 1 aliphatic heterocycles. The lowest BCUT2D eigenvalue weighted by Gasteiger charge is -2.33. The minimum Gasteiger partial charge on any atom is -0.307 e. The molecule has 3 aromatic heterocycles. The van der Waals surface area contributed by atoms with Crippen LogP contribution in [0.1, 0.15) is 37.2 Å². The summed E-state index contributed by atoms with van der Waals surface area (Å²) in [5.41, 5.74) is 3.54. The Hall–Kier alpha value is -1.76. The van der Waals surface area contributed by atoms with E-state index in [-0.39, 0.29) is 5.41 Å². The van der Waals surface area contributed by atoms with Crippen LogP contribution in [0.15, 0.2) is 36.0 Å². The van der Waals surface area contributed by atoms with Crippen LogP contribution in [0.25, 0.3) is 5.65 Å². The zero-order valence-corrected chi connectivity index (χ0v) is 16.7. The van der Waals surface area contributed by atoms with Crippen LogP contribution in [0.5, 0.6) is 0 Å². The van der Waals surface area contributed by atoms with Gasteiger partial charge in [0.25, 0.3) is 0 Å². The maximum Gasteiger partial charge on any atom is 0.137 e. The number of nitrogens with zero attached hydrogens (tertiary/aromatic N) is 5. The molecule has 0 spiro atoms. The number of piperazine rings is 1. The van der Waals surface area contributed by atoms with E-state index >= 15 is 0 Å². The summed E-state index contributed by atoms with van der Waals surface area (Å²) in [7, 11) is 0. The van der Waals surface area contributed by atoms with E-state index in [1.807, 2.05) is 12.1 Å². The molecular formula is C20H27N5S. The van der Waals surface area contributed by atoms with Crippen LogP contribution in [-0.2, 0) is 18.5 Å². The first-order valence-electron chi connectivity index (χ1n) is 9.29. The van der Waals surface area contributed by atoms with Gasteiger partial charge >= 0.3 is 0 Å². The largest absolute Gasteiger partial charge is 0.307 e. The van der Waals surface area contributed by atoms with Gasteiger partial charge in [0.15, 0.2) is 0 Å². The Morgan fingerprint density at radius 2 is 1.65 bits per heavy atom. The number of hydrogen-bond acceptors (Lipinski definition) is 5. The molecule has 0 N–H and O–H groups in total. The van der Waals surface area contributed by atoms with Crippen LogP contribution >= 0.6 is 11.3 Å². The molecule has 0 aliphatic carbocycles. The maximum atomic E-state index is 4.84. The van der Waals surface area contributed by atoms with Gasteiger partial charge in [-0.3, -0.25) is 9.80 Å². The van der Waals surface area contributed by atoms with Crippen molar-refractivity contribution >= 4 is 17.0 Å². The number of rotatable bonds is 4. The van der Waals surface area contributed by atoms with E-state index < -0.39 is 0 Å². The molecule has 26 heavy (non-hydrogen) atoms. The number of fused-ring (bicyclic) bond motifs is 1. The van der Waals surface area contributed by atoms with Gasteiger partial charge in [-0.2, -0.15) is 0 Å². The Kier molecular flexibility index (Phi) is 4.82. The molecule has 0 bridgehead atoms. The third-order valence-corrected chi connectivity index (χ3v) is 6.16. The second-order valence-electron chi connectivity index (χ2n) is 8.14. The quantitative estimate of drug-likeness (QED) is 0.706. The molecule has 0 radical (unpaired) electrons. The Morgan fingerprint density at radius 3 is 2.27 bits per heavy atom. The van der Waals surface area contributed by atoms with Crippen molar-refractivity contribution in [2.75, 3.05) is 26.2 Å². The fourth-order valence-electron chi connectivity index (χ4n) is 3.35. The lowest BCUT2D eigenvalue weighted by atomic mass is 9.98. The van der Waals surface area contributed by atoms with E-state index in [4.69, 9.17) is 9.97 Å². The summed E-state index contributed by atoms with van der Waals surface area (Å²) in [6, 6.07) is 6.14. The monoisotopic (exact) mass is 369 g/mol. The molecule has 0 saturated carbocycles. The lowest BCUT2D eigenvalue weighted by Crippen LogP contribution is -2.45. The SMILES string of the molecule is CC(C)(C)c1nc(CN2CCN(Cc3cn4ccccc4n3)CC2)cs1. The Labute approximate surface area is 159 Å². The zero-order valence-electron chi connectivity index (χ0n) is 15.9. The van der Waals surface area contributed by atoms with Crippen molar-refractivity contribution in [2.24, 2.45) is 0 Å². The van der Waals surface area contributed by atoms with E-state index in [2.05, 4.69) is 58.8 Å².